The van der Waals surface area contributed by atoms with Crippen molar-refractivity contribution in [2.45, 2.75) is 4.90 Å². The zero-order chi connectivity index (χ0) is 21.8. The third kappa shape index (κ3) is 5.29. The van der Waals surface area contributed by atoms with Gasteiger partial charge in [0.1, 0.15) is 11.4 Å². The van der Waals surface area contributed by atoms with Crippen LogP contribution in [0.1, 0.15) is 10.4 Å². The van der Waals surface area contributed by atoms with Crippen molar-refractivity contribution in [3.63, 3.8) is 0 Å². The highest BCUT2D eigenvalue weighted by Crippen LogP contribution is 2.20. The number of rotatable bonds is 8. The Morgan fingerprint density at radius 3 is 2.31 bits per heavy atom. The molecule has 0 fully saturated rings. The molecule has 7 nitrogen and oxygen atoms in total. The second-order valence-electron chi connectivity index (χ2n) is 5.43. The van der Waals surface area contributed by atoms with E-state index in [4.69, 9.17) is 4.74 Å². The van der Waals surface area contributed by atoms with Crippen LogP contribution in [0.25, 0.3) is 0 Å². The van der Waals surface area contributed by atoms with E-state index in [1.165, 1.54) is 19.2 Å². The van der Waals surface area contributed by atoms with Crippen molar-refractivity contribution in [2.24, 2.45) is 0 Å². The molecule has 2 rings (SSSR count). The fourth-order valence-corrected chi connectivity index (χ4v) is 3.10. The molecular weight excluding hydrogens is 422 g/mol. The van der Waals surface area contributed by atoms with Gasteiger partial charge in [0.05, 0.1) is 7.11 Å². The van der Waals surface area contributed by atoms with Gasteiger partial charge in [0.15, 0.2) is 41.4 Å². The van der Waals surface area contributed by atoms with Crippen LogP contribution in [-0.4, -0.2) is 40.4 Å². The second-order valence-corrected chi connectivity index (χ2v) is 7.17. The molecule has 0 atom stereocenters. The van der Waals surface area contributed by atoms with Gasteiger partial charge in [-0.15, -0.1) is 0 Å². The molecule has 156 valence electrons. The minimum Gasteiger partial charge on any atom is -0.494 e. The number of ketones is 1. The van der Waals surface area contributed by atoms with Gasteiger partial charge in [0.25, 0.3) is 0 Å². The number of ether oxygens (including phenoxy) is 2. The van der Waals surface area contributed by atoms with Crippen molar-refractivity contribution in [1.82, 2.24) is 4.72 Å². The van der Waals surface area contributed by atoms with Gasteiger partial charge in [0.2, 0.25) is 10.0 Å². The third-order valence-electron chi connectivity index (χ3n) is 3.53. The van der Waals surface area contributed by atoms with E-state index in [1.807, 2.05) is 0 Å². The average Bonchev–Trinajstić information content (AvgIpc) is 2.68. The number of benzene rings is 2. The molecule has 0 radical (unpaired) electrons. The van der Waals surface area contributed by atoms with Crippen molar-refractivity contribution in [3.05, 3.63) is 59.2 Å². The highest BCUT2D eigenvalue weighted by atomic mass is 32.2. The summed E-state index contributed by atoms with van der Waals surface area (Å²) in [4.78, 5) is 22.3. The van der Waals surface area contributed by atoms with E-state index < -0.39 is 63.1 Å². The summed E-state index contributed by atoms with van der Waals surface area (Å²) in [7, 11) is -3.48. The molecule has 2 aromatic rings. The lowest BCUT2D eigenvalue weighted by atomic mass is 10.1. The fourth-order valence-electron chi connectivity index (χ4n) is 2.07. The number of hydrogen-bond acceptors (Lipinski definition) is 6. The SMILES string of the molecule is COc1ccc(C(=O)COC(=O)CNS(=O)(=O)c2ccc(F)c(F)c2F)cc1F. The zero-order valence-corrected chi connectivity index (χ0v) is 15.5. The predicted molar refractivity (Wildman–Crippen MR) is 89.7 cm³/mol. The van der Waals surface area contributed by atoms with Crippen LogP contribution in [0.5, 0.6) is 5.75 Å². The molecule has 0 aliphatic carbocycles. The monoisotopic (exact) mass is 435 g/mol. The van der Waals surface area contributed by atoms with E-state index in [1.54, 1.807) is 4.72 Å². The van der Waals surface area contributed by atoms with E-state index in [2.05, 4.69) is 4.74 Å². The average molecular weight is 435 g/mol. The first-order chi connectivity index (χ1) is 13.6. The van der Waals surface area contributed by atoms with Crippen molar-refractivity contribution in [3.8, 4) is 5.75 Å². The Morgan fingerprint density at radius 2 is 1.69 bits per heavy atom. The molecule has 0 bridgehead atoms. The van der Waals surface area contributed by atoms with Gasteiger partial charge >= 0.3 is 5.97 Å². The summed E-state index contributed by atoms with van der Waals surface area (Å²) >= 11 is 0. The maximum atomic E-state index is 13.6. The molecule has 29 heavy (non-hydrogen) atoms. The zero-order valence-electron chi connectivity index (χ0n) is 14.7. The molecule has 0 spiro atoms. The Balaban J connectivity index is 1.95. The summed E-state index contributed by atoms with van der Waals surface area (Å²) in [6.45, 7) is -1.85. The Morgan fingerprint density at radius 1 is 1.00 bits per heavy atom. The van der Waals surface area contributed by atoms with Crippen LogP contribution in [0, 0.1) is 23.3 Å². The first-order valence-corrected chi connectivity index (χ1v) is 9.20. The molecule has 0 saturated carbocycles. The van der Waals surface area contributed by atoms with Crippen LogP contribution in [0.4, 0.5) is 17.6 Å². The number of nitrogens with one attached hydrogen (secondary N) is 1. The summed E-state index contributed by atoms with van der Waals surface area (Å²) < 4.78 is 87.9. The predicted octanol–water partition coefficient (Wildman–Crippen LogP) is 1.96. The largest absolute Gasteiger partial charge is 0.494 e. The number of sulfonamides is 1. The topological polar surface area (TPSA) is 98.8 Å². The van der Waals surface area contributed by atoms with Crippen molar-refractivity contribution in [1.29, 1.82) is 0 Å². The highest BCUT2D eigenvalue weighted by Gasteiger charge is 2.25. The van der Waals surface area contributed by atoms with Gasteiger partial charge < -0.3 is 9.47 Å². The van der Waals surface area contributed by atoms with Gasteiger partial charge in [-0.2, -0.15) is 4.72 Å². The van der Waals surface area contributed by atoms with Crippen molar-refractivity contribution in [2.75, 3.05) is 20.3 Å². The molecule has 12 heteroatoms. The molecule has 0 saturated heterocycles. The standard InChI is InChI=1S/C17H13F4NO6S/c1-27-13-4-2-9(6-11(13)19)12(23)8-28-15(24)7-22-29(25,26)14-5-3-10(18)16(20)17(14)21/h2-6,22H,7-8H2,1H3. The minimum atomic E-state index is -4.71. The molecule has 0 aliphatic heterocycles. The fraction of sp³-hybridized carbons (Fsp3) is 0.176. The molecule has 0 amide bonds. The number of hydrogen-bond donors (Lipinski definition) is 1. The van der Waals surface area contributed by atoms with Gasteiger partial charge in [-0.05, 0) is 30.3 Å². The van der Waals surface area contributed by atoms with Crippen LogP contribution in [-0.2, 0) is 19.6 Å². The normalized spacial score (nSPS) is 11.2. The van der Waals surface area contributed by atoms with Gasteiger partial charge in [-0.3, -0.25) is 9.59 Å². The maximum Gasteiger partial charge on any atom is 0.321 e. The van der Waals surface area contributed by atoms with Crippen LogP contribution in [0.15, 0.2) is 35.2 Å². The first-order valence-electron chi connectivity index (χ1n) is 7.72. The van der Waals surface area contributed by atoms with E-state index >= 15 is 0 Å². The molecular formula is C17H13F4NO6S. The Hall–Kier alpha value is -2.99. The van der Waals surface area contributed by atoms with Gasteiger partial charge in [-0.1, -0.05) is 0 Å². The molecule has 2 aromatic carbocycles. The lowest BCUT2D eigenvalue weighted by Crippen LogP contribution is -2.32. The maximum absolute atomic E-state index is 13.6. The highest BCUT2D eigenvalue weighted by molar-refractivity contribution is 7.89. The summed E-state index contributed by atoms with van der Waals surface area (Å²) in [5, 5.41) is 0. The van der Waals surface area contributed by atoms with Crippen LogP contribution in [0.2, 0.25) is 0 Å². The smallest absolute Gasteiger partial charge is 0.321 e. The summed E-state index contributed by atoms with van der Waals surface area (Å²) in [6.07, 6.45) is 0. The van der Waals surface area contributed by atoms with Crippen LogP contribution >= 0.6 is 0 Å². The quantitative estimate of drug-likeness (QED) is 0.295. The van der Waals surface area contributed by atoms with Crippen molar-refractivity contribution < 1.29 is 45.0 Å². The molecule has 1 N–H and O–H groups in total. The van der Waals surface area contributed by atoms with Crippen molar-refractivity contribution >= 4 is 21.8 Å². The summed E-state index contributed by atoms with van der Waals surface area (Å²) in [5.74, 6) is -8.46. The van der Waals surface area contributed by atoms with Crippen LogP contribution in [0.3, 0.4) is 0 Å². The molecule has 0 aliphatic rings. The van der Waals surface area contributed by atoms with Gasteiger partial charge in [0, 0.05) is 5.56 Å². The van der Waals surface area contributed by atoms with E-state index in [0.717, 1.165) is 6.07 Å². The Kier molecular flexibility index (Phi) is 6.93. The lowest BCUT2D eigenvalue weighted by molar-refractivity contribution is -0.141. The Bertz CT molecular complexity index is 1060. The van der Waals surface area contributed by atoms with E-state index in [-0.39, 0.29) is 11.3 Å². The number of carbonyl (C=O) groups is 2. The molecule has 0 unspecified atom stereocenters. The van der Waals surface area contributed by atoms with Crippen LogP contribution < -0.4 is 9.46 Å². The summed E-state index contributed by atoms with van der Waals surface area (Å²) in [5.41, 5.74) is -0.125. The first kappa shape index (κ1) is 22.3. The number of methoxy groups -OCH3 is 1. The van der Waals surface area contributed by atoms with E-state index in [0.29, 0.717) is 12.1 Å². The number of Topliss-reactive ketones (excluding diaryl/α,β-unsaturated/α-hetero) is 1. The van der Waals surface area contributed by atoms with E-state index in [9.17, 15) is 35.6 Å². The number of carbonyl (C=O) groups excluding carboxylic acids is 2. The molecule has 0 aromatic heterocycles. The minimum absolute atomic E-state index is 0.0996. The lowest BCUT2D eigenvalue weighted by Gasteiger charge is -2.09. The third-order valence-corrected chi connectivity index (χ3v) is 4.95. The number of halogens is 4. The van der Waals surface area contributed by atoms with Gasteiger partial charge in [-0.25, -0.2) is 26.0 Å². The number of esters is 1. The molecule has 0 heterocycles. The summed E-state index contributed by atoms with van der Waals surface area (Å²) in [6, 6.07) is 4.16. The Labute approximate surface area is 162 Å². The second kappa shape index (κ2) is 9.01.